The predicted molar refractivity (Wildman–Crippen MR) is 76.6 cm³/mol. The molecule has 18 heavy (non-hydrogen) atoms. The van der Waals surface area contributed by atoms with E-state index < -0.39 is 0 Å². The Balaban J connectivity index is 2.41. The van der Waals surface area contributed by atoms with Crippen molar-refractivity contribution in [2.45, 2.75) is 77.8 Å². The second kappa shape index (κ2) is 8.52. The van der Waals surface area contributed by atoms with E-state index in [0.29, 0.717) is 6.04 Å². The highest BCUT2D eigenvalue weighted by atomic mass is 16.2. The Bertz CT molecular complexity index is 231. The van der Waals surface area contributed by atoms with Crippen LogP contribution in [0.4, 0.5) is 0 Å². The fourth-order valence-corrected chi connectivity index (χ4v) is 2.86. The van der Waals surface area contributed by atoms with Crippen LogP contribution in [0.1, 0.15) is 65.7 Å². The highest BCUT2D eigenvalue weighted by Gasteiger charge is 2.21. The van der Waals surface area contributed by atoms with E-state index in [4.69, 9.17) is 0 Å². The van der Waals surface area contributed by atoms with Gasteiger partial charge in [-0.2, -0.15) is 0 Å². The summed E-state index contributed by atoms with van der Waals surface area (Å²) in [5.41, 5.74) is 0. The van der Waals surface area contributed by atoms with Crippen LogP contribution in [0.2, 0.25) is 0 Å². The van der Waals surface area contributed by atoms with E-state index in [-0.39, 0.29) is 11.9 Å². The van der Waals surface area contributed by atoms with E-state index in [0.717, 1.165) is 13.1 Å². The Labute approximate surface area is 112 Å². The lowest BCUT2D eigenvalue weighted by atomic mass is 9.96. The van der Waals surface area contributed by atoms with Crippen LogP contribution >= 0.6 is 0 Å². The van der Waals surface area contributed by atoms with Gasteiger partial charge in [0, 0.05) is 19.1 Å². The number of carbonyl (C=O) groups is 1. The van der Waals surface area contributed by atoms with Gasteiger partial charge in [0.15, 0.2) is 0 Å². The number of rotatable bonds is 5. The Hall–Kier alpha value is -0.570. The molecule has 106 valence electrons. The van der Waals surface area contributed by atoms with Crippen LogP contribution in [-0.4, -0.2) is 36.0 Å². The van der Waals surface area contributed by atoms with Gasteiger partial charge in [0.25, 0.3) is 0 Å². The van der Waals surface area contributed by atoms with Crippen LogP contribution in [0.3, 0.4) is 0 Å². The van der Waals surface area contributed by atoms with Crippen molar-refractivity contribution in [3.8, 4) is 0 Å². The number of likely N-dealkylation sites (N-methyl/N-ethyl adjacent to an activating group) is 1. The summed E-state index contributed by atoms with van der Waals surface area (Å²) in [5.74, 6) is 0.252. The minimum atomic E-state index is -0.0330. The van der Waals surface area contributed by atoms with Crippen molar-refractivity contribution < 1.29 is 4.79 Å². The molecule has 0 heterocycles. The molecular weight excluding hydrogens is 224 g/mol. The molecule has 0 spiro atoms. The SMILES string of the molecule is CCN(CC)C(=O)C(C)NC1CCCCCCC1. The third kappa shape index (κ3) is 4.97. The average Bonchev–Trinajstić information content (AvgIpc) is 2.33. The van der Waals surface area contributed by atoms with Crippen molar-refractivity contribution in [1.82, 2.24) is 10.2 Å². The van der Waals surface area contributed by atoms with Crippen LogP contribution in [0.15, 0.2) is 0 Å². The van der Waals surface area contributed by atoms with Gasteiger partial charge in [0.2, 0.25) is 5.91 Å². The molecule has 0 aliphatic heterocycles. The maximum Gasteiger partial charge on any atom is 0.239 e. The molecule has 0 aromatic rings. The zero-order valence-electron chi connectivity index (χ0n) is 12.4. The Morgan fingerprint density at radius 1 is 1.11 bits per heavy atom. The Morgan fingerprint density at radius 2 is 1.61 bits per heavy atom. The molecule has 0 aromatic heterocycles. The summed E-state index contributed by atoms with van der Waals surface area (Å²) < 4.78 is 0. The summed E-state index contributed by atoms with van der Waals surface area (Å²) in [7, 11) is 0. The zero-order valence-corrected chi connectivity index (χ0v) is 12.4. The van der Waals surface area contributed by atoms with Crippen molar-refractivity contribution in [3.63, 3.8) is 0 Å². The standard InChI is InChI=1S/C15H30N2O/c1-4-17(5-2)15(18)13(3)16-14-11-9-7-6-8-10-12-14/h13-14,16H,4-12H2,1-3H3. The monoisotopic (exact) mass is 254 g/mol. The Morgan fingerprint density at radius 3 is 2.11 bits per heavy atom. The number of amides is 1. The maximum absolute atomic E-state index is 12.2. The van der Waals surface area contributed by atoms with Gasteiger partial charge in [-0.25, -0.2) is 0 Å². The second-order valence-electron chi connectivity index (χ2n) is 5.44. The molecule has 0 aromatic carbocycles. The summed E-state index contributed by atoms with van der Waals surface area (Å²) in [5, 5.41) is 3.54. The van der Waals surface area contributed by atoms with Gasteiger partial charge in [-0.3, -0.25) is 4.79 Å². The van der Waals surface area contributed by atoms with Crippen LogP contribution < -0.4 is 5.32 Å². The fraction of sp³-hybridized carbons (Fsp3) is 0.933. The van der Waals surface area contributed by atoms with E-state index >= 15 is 0 Å². The molecule has 1 unspecified atom stereocenters. The van der Waals surface area contributed by atoms with Crippen molar-refractivity contribution in [2.75, 3.05) is 13.1 Å². The molecule has 1 N–H and O–H groups in total. The third-order valence-electron chi connectivity index (χ3n) is 4.04. The lowest BCUT2D eigenvalue weighted by Gasteiger charge is -2.28. The van der Waals surface area contributed by atoms with Gasteiger partial charge in [-0.1, -0.05) is 32.1 Å². The highest BCUT2D eigenvalue weighted by Crippen LogP contribution is 2.17. The van der Waals surface area contributed by atoms with Crippen molar-refractivity contribution >= 4 is 5.91 Å². The number of nitrogens with one attached hydrogen (secondary N) is 1. The molecule has 1 saturated carbocycles. The summed E-state index contributed by atoms with van der Waals surface area (Å²) in [4.78, 5) is 14.1. The molecule has 0 radical (unpaired) electrons. The molecule has 1 aliphatic carbocycles. The van der Waals surface area contributed by atoms with Crippen LogP contribution in [-0.2, 0) is 4.79 Å². The summed E-state index contributed by atoms with van der Waals surface area (Å²) >= 11 is 0. The topological polar surface area (TPSA) is 32.3 Å². The number of hydrogen-bond donors (Lipinski definition) is 1. The molecule has 1 rings (SSSR count). The summed E-state index contributed by atoms with van der Waals surface area (Å²) in [6, 6.07) is 0.508. The molecule has 1 atom stereocenters. The number of carbonyl (C=O) groups excluding carboxylic acids is 1. The molecule has 1 fully saturated rings. The summed E-state index contributed by atoms with van der Waals surface area (Å²) in [6.45, 7) is 7.73. The largest absolute Gasteiger partial charge is 0.342 e. The Kier molecular flexibility index (Phi) is 7.33. The fourth-order valence-electron chi connectivity index (χ4n) is 2.86. The minimum Gasteiger partial charge on any atom is -0.342 e. The second-order valence-corrected chi connectivity index (χ2v) is 5.44. The van der Waals surface area contributed by atoms with E-state index in [9.17, 15) is 4.79 Å². The predicted octanol–water partition coefficient (Wildman–Crippen LogP) is 2.95. The van der Waals surface area contributed by atoms with Crippen molar-refractivity contribution in [3.05, 3.63) is 0 Å². The van der Waals surface area contributed by atoms with Gasteiger partial charge >= 0.3 is 0 Å². The number of nitrogens with zero attached hydrogens (tertiary/aromatic N) is 1. The first-order valence-electron chi connectivity index (χ1n) is 7.73. The maximum atomic E-state index is 12.2. The quantitative estimate of drug-likeness (QED) is 0.818. The van der Waals surface area contributed by atoms with E-state index in [1.165, 1.54) is 44.9 Å². The highest BCUT2D eigenvalue weighted by molar-refractivity contribution is 5.81. The minimum absolute atomic E-state index is 0.0330. The van der Waals surface area contributed by atoms with Gasteiger partial charge in [-0.15, -0.1) is 0 Å². The van der Waals surface area contributed by atoms with E-state index in [1.54, 1.807) is 0 Å². The molecule has 0 saturated heterocycles. The average molecular weight is 254 g/mol. The normalized spacial score (nSPS) is 19.9. The number of hydrogen-bond acceptors (Lipinski definition) is 2. The first kappa shape index (κ1) is 15.5. The van der Waals surface area contributed by atoms with Crippen molar-refractivity contribution in [2.24, 2.45) is 0 Å². The molecule has 3 heteroatoms. The molecular formula is C15H30N2O. The van der Waals surface area contributed by atoms with Gasteiger partial charge in [0.05, 0.1) is 6.04 Å². The van der Waals surface area contributed by atoms with E-state index in [1.807, 2.05) is 25.7 Å². The smallest absolute Gasteiger partial charge is 0.239 e. The van der Waals surface area contributed by atoms with Gasteiger partial charge in [-0.05, 0) is 33.6 Å². The first-order valence-corrected chi connectivity index (χ1v) is 7.73. The summed E-state index contributed by atoms with van der Waals surface area (Å²) in [6.07, 6.45) is 9.19. The zero-order chi connectivity index (χ0) is 13.4. The molecule has 1 aliphatic rings. The first-order chi connectivity index (χ1) is 8.69. The van der Waals surface area contributed by atoms with Crippen LogP contribution in [0.25, 0.3) is 0 Å². The van der Waals surface area contributed by atoms with Gasteiger partial charge in [0.1, 0.15) is 0 Å². The molecule has 1 amide bonds. The molecule has 0 bridgehead atoms. The lowest BCUT2D eigenvalue weighted by molar-refractivity contribution is -0.132. The van der Waals surface area contributed by atoms with Crippen LogP contribution in [0.5, 0.6) is 0 Å². The van der Waals surface area contributed by atoms with E-state index in [2.05, 4.69) is 5.32 Å². The van der Waals surface area contributed by atoms with Crippen LogP contribution in [0, 0.1) is 0 Å². The van der Waals surface area contributed by atoms with Crippen molar-refractivity contribution in [1.29, 1.82) is 0 Å². The third-order valence-corrected chi connectivity index (χ3v) is 4.04. The van der Waals surface area contributed by atoms with Gasteiger partial charge < -0.3 is 10.2 Å². The molecule has 3 nitrogen and oxygen atoms in total. The lowest BCUT2D eigenvalue weighted by Crippen LogP contribution is -2.48.